The fourth-order valence-corrected chi connectivity index (χ4v) is 4.10. The van der Waals surface area contributed by atoms with Crippen molar-refractivity contribution in [2.75, 3.05) is 11.7 Å². The van der Waals surface area contributed by atoms with Gasteiger partial charge in [-0.25, -0.2) is 0 Å². The van der Waals surface area contributed by atoms with Crippen molar-refractivity contribution in [2.24, 2.45) is 0 Å². The Morgan fingerprint density at radius 2 is 1.68 bits per heavy atom. The molecule has 158 valence electrons. The number of halogens is 3. The number of amides is 1. The van der Waals surface area contributed by atoms with Crippen molar-refractivity contribution in [1.29, 1.82) is 0 Å². The number of fused-ring (bicyclic) bond motifs is 2. The standard InChI is InChI=1S/C23H16F3NO4/c24-23(25,26)16-6-2-1-5-14(16)12-27-18-8-4-3-7-17(18)22(29,21(27)28)15-9-10-19-20(11-15)31-13-30-19/h1-11,29H,12-13H2. The van der Waals surface area contributed by atoms with Gasteiger partial charge in [-0.3, -0.25) is 4.79 Å². The SMILES string of the molecule is O=C1N(Cc2ccccc2C(F)(F)F)c2ccccc2C1(O)c1ccc2c(c1)OCO2. The molecular weight excluding hydrogens is 411 g/mol. The first-order valence-corrected chi connectivity index (χ1v) is 9.49. The number of para-hydroxylation sites is 1. The molecule has 0 aromatic heterocycles. The molecule has 0 aliphatic carbocycles. The molecule has 31 heavy (non-hydrogen) atoms. The first kappa shape index (κ1) is 19.4. The number of hydrogen-bond donors (Lipinski definition) is 1. The summed E-state index contributed by atoms with van der Waals surface area (Å²) in [4.78, 5) is 14.7. The van der Waals surface area contributed by atoms with Gasteiger partial charge in [0, 0.05) is 11.1 Å². The number of ether oxygens (including phenoxy) is 2. The molecule has 1 unspecified atom stereocenters. The topological polar surface area (TPSA) is 59.0 Å². The van der Waals surface area contributed by atoms with Crippen LogP contribution < -0.4 is 14.4 Å². The van der Waals surface area contributed by atoms with Gasteiger partial charge in [0.05, 0.1) is 17.8 Å². The molecule has 5 nitrogen and oxygen atoms in total. The molecule has 0 spiro atoms. The Kier molecular flexibility index (Phi) is 4.23. The third-order valence-electron chi connectivity index (χ3n) is 5.58. The van der Waals surface area contributed by atoms with E-state index in [2.05, 4.69) is 0 Å². The molecular formula is C23H16F3NO4. The Bertz CT molecular complexity index is 1190. The molecule has 5 rings (SSSR count). The second-order valence-electron chi connectivity index (χ2n) is 7.34. The zero-order chi connectivity index (χ0) is 21.8. The third kappa shape index (κ3) is 2.94. The van der Waals surface area contributed by atoms with Crippen LogP contribution in [0.25, 0.3) is 0 Å². The predicted octanol–water partition coefficient (Wildman–Crippen LogP) is 4.22. The molecule has 2 heterocycles. The van der Waals surface area contributed by atoms with Crippen LogP contribution in [0.15, 0.2) is 66.7 Å². The van der Waals surface area contributed by atoms with Crippen molar-refractivity contribution in [3.8, 4) is 11.5 Å². The molecule has 2 aliphatic heterocycles. The van der Waals surface area contributed by atoms with Crippen molar-refractivity contribution < 1.29 is 32.5 Å². The summed E-state index contributed by atoms with van der Waals surface area (Å²) in [5, 5.41) is 11.6. The number of rotatable bonds is 3. The number of alkyl halides is 3. The van der Waals surface area contributed by atoms with Crippen LogP contribution in [0.1, 0.15) is 22.3 Å². The number of benzene rings is 3. The summed E-state index contributed by atoms with van der Waals surface area (Å²) >= 11 is 0. The Morgan fingerprint density at radius 1 is 0.968 bits per heavy atom. The lowest BCUT2D eigenvalue weighted by atomic mass is 9.87. The highest BCUT2D eigenvalue weighted by atomic mass is 19.4. The Hall–Kier alpha value is -3.52. The van der Waals surface area contributed by atoms with Gasteiger partial charge in [-0.2, -0.15) is 13.2 Å². The Balaban J connectivity index is 1.60. The van der Waals surface area contributed by atoms with Crippen LogP contribution in [0.4, 0.5) is 18.9 Å². The number of aliphatic hydroxyl groups is 1. The van der Waals surface area contributed by atoms with Gasteiger partial charge in [0.2, 0.25) is 6.79 Å². The molecule has 3 aromatic rings. The summed E-state index contributed by atoms with van der Waals surface area (Å²) in [6.45, 7) is -0.305. The lowest BCUT2D eigenvalue weighted by Crippen LogP contribution is -2.41. The number of hydrogen-bond acceptors (Lipinski definition) is 4. The van der Waals surface area contributed by atoms with E-state index in [1.165, 1.54) is 29.2 Å². The summed E-state index contributed by atoms with van der Waals surface area (Å²) < 4.78 is 51.1. The van der Waals surface area contributed by atoms with E-state index in [0.717, 1.165) is 6.07 Å². The number of carbonyl (C=O) groups excluding carboxylic acids is 1. The maximum atomic E-state index is 13.5. The van der Waals surface area contributed by atoms with Crippen molar-refractivity contribution in [3.05, 3.63) is 89.0 Å². The highest BCUT2D eigenvalue weighted by Crippen LogP contribution is 2.47. The minimum absolute atomic E-state index is 0.0299. The second-order valence-corrected chi connectivity index (χ2v) is 7.34. The van der Waals surface area contributed by atoms with E-state index in [-0.39, 0.29) is 24.5 Å². The molecule has 1 amide bonds. The smallest absolute Gasteiger partial charge is 0.416 e. The zero-order valence-electron chi connectivity index (χ0n) is 16.0. The van der Waals surface area contributed by atoms with Crippen LogP contribution in [-0.4, -0.2) is 17.8 Å². The van der Waals surface area contributed by atoms with Gasteiger partial charge in [-0.1, -0.05) is 42.5 Å². The summed E-state index contributed by atoms with van der Waals surface area (Å²) in [5.74, 6) is 0.142. The van der Waals surface area contributed by atoms with Gasteiger partial charge in [0.25, 0.3) is 5.91 Å². The van der Waals surface area contributed by atoms with Gasteiger partial charge in [0.15, 0.2) is 17.1 Å². The van der Waals surface area contributed by atoms with E-state index >= 15 is 0 Å². The van der Waals surface area contributed by atoms with E-state index in [0.29, 0.717) is 22.7 Å². The highest BCUT2D eigenvalue weighted by molar-refractivity contribution is 6.09. The molecule has 0 bridgehead atoms. The van der Waals surface area contributed by atoms with Gasteiger partial charge >= 0.3 is 6.18 Å². The van der Waals surface area contributed by atoms with Crippen LogP contribution in [0.5, 0.6) is 11.5 Å². The molecule has 0 radical (unpaired) electrons. The largest absolute Gasteiger partial charge is 0.454 e. The summed E-state index contributed by atoms with van der Waals surface area (Å²) in [6, 6.07) is 16.3. The molecule has 2 aliphatic rings. The number of anilines is 1. The minimum atomic E-state index is -4.56. The average Bonchev–Trinajstić information content (AvgIpc) is 3.31. The van der Waals surface area contributed by atoms with Crippen molar-refractivity contribution in [2.45, 2.75) is 18.3 Å². The summed E-state index contributed by atoms with van der Waals surface area (Å²) in [7, 11) is 0. The van der Waals surface area contributed by atoms with Crippen LogP contribution in [0, 0.1) is 0 Å². The van der Waals surface area contributed by atoms with Crippen LogP contribution in [0.2, 0.25) is 0 Å². The first-order chi connectivity index (χ1) is 14.8. The monoisotopic (exact) mass is 427 g/mol. The first-order valence-electron chi connectivity index (χ1n) is 9.49. The Morgan fingerprint density at radius 3 is 2.48 bits per heavy atom. The zero-order valence-corrected chi connectivity index (χ0v) is 16.0. The third-order valence-corrected chi connectivity index (χ3v) is 5.58. The molecule has 3 aromatic carbocycles. The fourth-order valence-electron chi connectivity index (χ4n) is 4.10. The summed E-state index contributed by atoms with van der Waals surface area (Å²) in [6.07, 6.45) is -4.56. The van der Waals surface area contributed by atoms with Gasteiger partial charge in [-0.05, 0) is 29.8 Å². The minimum Gasteiger partial charge on any atom is -0.454 e. The van der Waals surface area contributed by atoms with Gasteiger partial charge in [0.1, 0.15) is 0 Å². The van der Waals surface area contributed by atoms with Crippen LogP contribution in [-0.2, 0) is 23.1 Å². The van der Waals surface area contributed by atoms with Crippen molar-refractivity contribution in [3.63, 3.8) is 0 Å². The second kappa shape index (κ2) is 6.75. The normalized spacial score (nSPS) is 19.6. The van der Waals surface area contributed by atoms with Crippen LogP contribution in [0.3, 0.4) is 0 Å². The van der Waals surface area contributed by atoms with Gasteiger partial charge in [-0.15, -0.1) is 0 Å². The van der Waals surface area contributed by atoms with E-state index in [1.807, 2.05) is 0 Å². The van der Waals surface area contributed by atoms with E-state index < -0.39 is 23.2 Å². The van der Waals surface area contributed by atoms with Crippen molar-refractivity contribution >= 4 is 11.6 Å². The number of nitrogens with zero attached hydrogens (tertiary/aromatic N) is 1. The lowest BCUT2D eigenvalue weighted by molar-refractivity contribution is -0.138. The molecule has 0 saturated heterocycles. The van der Waals surface area contributed by atoms with Crippen LogP contribution >= 0.6 is 0 Å². The quantitative estimate of drug-likeness (QED) is 0.680. The fraction of sp³-hybridized carbons (Fsp3) is 0.174. The van der Waals surface area contributed by atoms with E-state index in [9.17, 15) is 23.1 Å². The molecule has 0 saturated carbocycles. The average molecular weight is 427 g/mol. The molecule has 0 fully saturated rings. The van der Waals surface area contributed by atoms with E-state index in [1.54, 1.807) is 36.4 Å². The molecule has 1 N–H and O–H groups in total. The highest BCUT2D eigenvalue weighted by Gasteiger charge is 2.51. The molecule has 8 heteroatoms. The maximum Gasteiger partial charge on any atom is 0.416 e. The van der Waals surface area contributed by atoms with Gasteiger partial charge < -0.3 is 19.5 Å². The predicted molar refractivity (Wildman–Crippen MR) is 105 cm³/mol. The van der Waals surface area contributed by atoms with E-state index in [4.69, 9.17) is 9.47 Å². The summed E-state index contributed by atoms with van der Waals surface area (Å²) in [5.41, 5.74) is -2.05. The maximum absolute atomic E-state index is 13.5. The van der Waals surface area contributed by atoms with Crippen molar-refractivity contribution in [1.82, 2.24) is 0 Å². The number of carbonyl (C=O) groups is 1. The molecule has 1 atom stereocenters. The Labute approximate surface area is 175 Å². The lowest BCUT2D eigenvalue weighted by Gasteiger charge is -2.25.